The molecule has 0 radical (unpaired) electrons. The quantitative estimate of drug-likeness (QED) is 0.519. The lowest BCUT2D eigenvalue weighted by Gasteiger charge is -2.23. The average Bonchev–Trinajstić information content (AvgIpc) is 2.33. The molecule has 0 heterocycles. The lowest BCUT2D eigenvalue weighted by atomic mass is 10.1. The number of rotatable bonds is 12. The van der Waals surface area contributed by atoms with Crippen LogP contribution in [0.5, 0.6) is 0 Å². The van der Waals surface area contributed by atoms with Crippen LogP contribution in [-0.2, 0) is 0 Å². The zero-order valence-corrected chi connectivity index (χ0v) is 11.7. The van der Waals surface area contributed by atoms with Gasteiger partial charge in [-0.1, -0.05) is 46.0 Å². The largest absolute Gasteiger partial charge is 0.395 e. The molecule has 1 atom stereocenters. The molecule has 0 aromatic carbocycles. The first-order valence-electron chi connectivity index (χ1n) is 7.25. The second-order valence-corrected chi connectivity index (χ2v) is 4.85. The molecule has 17 heavy (non-hydrogen) atoms. The van der Waals surface area contributed by atoms with Crippen molar-refractivity contribution < 1.29 is 10.2 Å². The van der Waals surface area contributed by atoms with Crippen molar-refractivity contribution in [2.24, 2.45) is 0 Å². The summed E-state index contributed by atoms with van der Waals surface area (Å²) < 4.78 is 0. The third-order valence-electron chi connectivity index (χ3n) is 3.18. The van der Waals surface area contributed by atoms with E-state index in [1.54, 1.807) is 0 Å². The van der Waals surface area contributed by atoms with E-state index in [1.165, 1.54) is 38.5 Å². The van der Waals surface area contributed by atoms with Crippen LogP contribution in [0.3, 0.4) is 0 Å². The molecule has 1 unspecified atom stereocenters. The zero-order chi connectivity index (χ0) is 12.9. The van der Waals surface area contributed by atoms with Crippen LogP contribution < -0.4 is 0 Å². The molecule has 0 bridgehead atoms. The molecule has 0 rings (SSSR count). The Hall–Kier alpha value is -0.120. The Bertz CT molecular complexity index is 153. The van der Waals surface area contributed by atoms with E-state index in [2.05, 4.69) is 11.8 Å². The minimum Gasteiger partial charge on any atom is -0.395 e. The van der Waals surface area contributed by atoms with Gasteiger partial charge in [0.05, 0.1) is 12.7 Å². The van der Waals surface area contributed by atoms with Gasteiger partial charge in [0.1, 0.15) is 0 Å². The third kappa shape index (κ3) is 10.7. The Balaban J connectivity index is 3.55. The summed E-state index contributed by atoms with van der Waals surface area (Å²) >= 11 is 0. The molecule has 0 aliphatic heterocycles. The molecule has 0 amide bonds. The number of aliphatic hydroxyl groups excluding tert-OH is 2. The van der Waals surface area contributed by atoms with Gasteiger partial charge in [0, 0.05) is 13.1 Å². The van der Waals surface area contributed by atoms with Gasteiger partial charge in [-0.25, -0.2) is 0 Å². The molecule has 2 N–H and O–H groups in total. The van der Waals surface area contributed by atoms with E-state index in [4.69, 9.17) is 5.11 Å². The fourth-order valence-electron chi connectivity index (χ4n) is 1.98. The molecule has 0 saturated carbocycles. The van der Waals surface area contributed by atoms with Gasteiger partial charge in [-0.05, 0) is 19.4 Å². The first kappa shape index (κ1) is 16.9. The second-order valence-electron chi connectivity index (χ2n) is 4.85. The Morgan fingerprint density at radius 2 is 1.59 bits per heavy atom. The van der Waals surface area contributed by atoms with Gasteiger partial charge >= 0.3 is 0 Å². The van der Waals surface area contributed by atoms with Crippen molar-refractivity contribution in [1.29, 1.82) is 0 Å². The van der Waals surface area contributed by atoms with Gasteiger partial charge in [0.15, 0.2) is 0 Å². The molecule has 3 heteroatoms. The summed E-state index contributed by atoms with van der Waals surface area (Å²) in [6.07, 6.45) is 8.28. The van der Waals surface area contributed by atoms with Crippen molar-refractivity contribution in [2.75, 3.05) is 26.2 Å². The topological polar surface area (TPSA) is 43.7 Å². The summed E-state index contributed by atoms with van der Waals surface area (Å²) in [5, 5.41) is 18.6. The molecule has 104 valence electrons. The van der Waals surface area contributed by atoms with Gasteiger partial charge < -0.3 is 10.2 Å². The smallest absolute Gasteiger partial charge is 0.0664 e. The Labute approximate surface area is 107 Å². The minimum atomic E-state index is -0.248. The predicted octanol–water partition coefficient (Wildman–Crippen LogP) is 2.41. The molecule has 0 spiro atoms. The lowest BCUT2D eigenvalue weighted by Crippen LogP contribution is -2.35. The summed E-state index contributed by atoms with van der Waals surface area (Å²) in [6.45, 7) is 6.80. The zero-order valence-electron chi connectivity index (χ0n) is 11.7. The van der Waals surface area contributed by atoms with Crippen LogP contribution in [0.2, 0.25) is 0 Å². The van der Waals surface area contributed by atoms with Gasteiger partial charge in [-0.15, -0.1) is 0 Å². The molecule has 0 aliphatic rings. The van der Waals surface area contributed by atoms with Crippen LogP contribution in [0.1, 0.15) is 58.8 Å². The van der Waals surface area contributed by atoms with Gasteiger partial charge in [0.2, 0.25) is 0 Å². The molecular formula is C14H31NO2. The Morgan fingerprint density at radius 1 is 0.941 bits per heavy atom. The maximum absolute atomic E-state index is 9.60. The first-order valence-corrected chi connectivity index (χ1v) is 7.25. The maximum atomic E-state index is 9.60. The van der Waals surface area contributed by atoms with Crippen molar-refractivity contribution in [3.05, 3.63) is 0 Å². The normalized spacial score (nSPS) is 13.2. The van der Waals surface area contributed by atoms with Crippen LogP contribution in [0.4, 0.5) is 0 Å². The van der Waals surface area contributed by atoms with Crippen molar-refractivity contribution in [1.82, 2.24) is 4.90 Å². The van der Waals surface area contributed by atoms with Gasteiger partial charge in [-0.3, -0.25) is 4.90 Å². The van der Waals surface area contributed by atoms with Crippen LogP contribution >= 0.6 is 0 Å². The summed E-state index contributed by atoms with van der Waals surface area (Å²) in [5.41, 5.74) is 0. The van der Waals surface area contributed by atoms with Crippen molar-refractivity contribution in [2.45, 2.75) is 64.9 Å². The standard InChI is InChI=1S/C14H31NO2/c1-3-5-6-7-8-9-10-15(11-12-16)13-14(17)4-2/h14,16-17H,3-13H2,1-2H3. The second kappa shape index (κ2) is 12.3. The summed E-state index contributed by atoms with van der Waals surface area (Å²) in [6, 6.07) is 0. The van der Waals surface area contributed by atoms with Crippen molar-refractivity contribution in [3.63, 3.8) is 0 Å². The van der Waals surface area contributed by atoms with Gasteiger partial charge in [-0.2, -0.15) is 0 Å². The predicted molar refractivity (Wildman–Crippen MR) is 73.2 cm³/mol. The number of hydrogen-bond donors (Lipinski definition) is 2. The average molecular weight is 245 g/mol. The molecule has 0 fully saturated rings. The Morgan fingerprint density at radius 3 is 2.18 bits per heavy atom. The van der Waals surface area contributed by atoms with E-state index >= 15 is 0 Å². The molecule has 0 aromatic rings. The monoisotopic (exact) mass is 245 g/mol. The Kier molecular flexibility index (Phi) is 12.3. The maximum Gasteiger partial charge on any atom is 0.0664 e. The number of nitrogens with zero attached hydrogens (tertiary/aromatic N) is 1. The molecule has 0 aliphatic carbocycles. The van der Waals surface area contributed by atoms with E-state index in [-0.39, 0.29) is 12.7 Å². The fourth-order valence-corrected chi connectivity index (χ4v) is 1.98. The highest BCUT2D eigenvalue weighted by Crippen LogP contribution is 2.06. The van der Waals surface area contributed by atoms with Crippen LogP contribution in [-0.4, -0.2) is 47.5 Å². The highest BCUT2D eigenvalue weighted by molar-refractivity contribution is 4.63. The summed E-state index contributed by atoms with van der Waals surface area (Å²) in [7, 11) is 0. The highest BCUT2D eigenvalue weighted by Gasteiger charge is 2.09. The molecule has 3 nitrogen and oxygen atoms in total. The first-order chi connectivity index (χ1) is 8.24. The van der Waals surface area contributed by atoms with E-state index in [1.807, 2.05) is 6.92 Å². The van der Waals surface area contributed by atoms with Gasteiger partial charge in [0.25, 0.3) is 0 Å². The molecule has 0 saturated heterocycles. The SMILES string of the molecule is CCCCCCCCN(CCO)CC(O)CC. The molecular weight excluding hydrogens is 214 g/mol. The molecule has 0 aromatic heterocycles. The minimum absolute atomic E-state index is 0.187. The summed E-state index contributed by atoms with van der Waals surface area (Å²) in [4.78, 5) is 2.17. The number of unbranched alkanes of at least 4 members (excludes halogenated alkanes) is 5. The lowest BCUT2D eigenvalue weighted by molar-refractivity contribution is 0.0958. The van der Waals surface area contributed by atoms with E-state index in [0.717, 1.165) is 13.0 Å². The van der Waals surface area contributed by atoms with Crippen LogP contribution in [0, 0.1) is 0 Å². The van der Waals surface area contributed by atoms with Crippen LogP contribution in [0.15, 0.2) is 0 Å². The highest BCUT2D eigenvalue weighted by atomic mass is 16.3. The number of aliphatic hydroxyl groups is 2. The number of hydrogen-bond acceptors (Lipinski definition) is 3. The third-order valence-corrected chi connectivity index (χ3v) is 3.18. The van der Waals surface area contributed by atoms with E-state index in [0.29, 0.717) is 13.1 Å². The summed E-state index contributed by atoms with van der Waals surface area (Å²) in [5.74, 6) is 0. The fraction of sp³-hybridized carbons (Fsp3) is 1.00. The van der Waals surface area contributed by atoms with E-state index < -0.39 is 0 Å². The van der Waals surface area contributed by atoms with E-state index in [9.17, 15) is 5.11 Å². The van der Waals surface area contributed by atoms with Crippen LogP contribution in [0.25, 0.3) is 0 Å². The van der Waals surface area contributed by atoms with Crippen molar-refractivity contribution >= 4 is 0 Å². The van der Waals surface area contributed by atoms with Crippen molar-refractivity contribution in [3.8, 4) is 0 Å².